The third-order valence-corrected chi connectivity index (χ3v) is 6.34. The molecule has 0 aliphatic heterocycles. The van der Waals surface area contributed by atoms with Gasteiger partial charge in [-0.1, -0.05) is 36.4 Å². The lowest BCUT2D eigenvalue weighted by molar-refractivity contribution is 0.0949. The van der Waals surface area contributed by atoms with Crippen LogP contribution < -0.4 is 10.0 Å². The number of aromatic amines is 1. The molecule has 0 aliphatic carbocycles. The smallest absolute Gasteiger partial charge is 0.251 e. The average Bonchev–Trinajstić information content (AvgIpc) is 3.03. The van der Waals surface area contributed by atoms with Gasteiger partial charge in [-0.2, -0.15) is 5.10 Å². The maximum atomic E-state index is 12.8. The van der Waals surface area contributed by atoms with Crippen LogP contribution in [0.2, 0.25) is 0 Å². The van der Waals surface area contributed by atoms with Gasteiger partial charge in [-0.3, -0.25) is 9.89 Å². The molecule has 0 spiro atoms. The van der Waals surface area contributed by atoms with Gasteiger partial charge in [0.2, 0.25) is 10.0 Å². The normalized spacial score (nSPS) is 11.4. The van der Waals surface area contributed by atoms with E-state index in [1.165, 1.54) is 6.07 Å². The molecule has 3 rings (SSSR count). The number of carbonyl (C=O) groups is 1. The highest BCUT2D eigenvalue weighted by Crippen LogP contribution is 2.18. The van der Waals surface area contributed by atoms with Crippen molar-refractivity contribution in [2.45, 2.75) is 24.9 Å². The van der Waals surface area contributed by atoms with Crippen LogP contribution in [0, 0.1) is 11.7 Å². The Morgan fingerprint density at radius 3 is 2.55 bits per heavy atom. The van der Waals surface area contributed by atoms with Gasteiger partial charge in [0, 0.05) is 19.2 Å². The van der Waals surface area contributed by atoms with Crippen molar-refractivity contribution in [2.24, 2.45) is 7.05 Å². The number of nitrogens with one attached hydrogen (secondary N) is 3. The van der Waals surface area contributed by atoms with Crippen molar-refractivity contribution in [3.05, 3.63) is 75.8 Å². The zero-order chi connectivity index (χ0) is 21.0. The lowest BCUT2D eigenvalue weighted by Crippen LogP contribution is -2.26. The SMILES string of the molecule is Cc1ccc(C(=O)NCc2n[nH]c(=S)n2C)cc1S(=O)(=O)NCc1ccccc1. The minimum absolute atomic E-state index is 0.0688. The first-order valence-corrected chi connectivity index (χ1v) is 10.7. The third kappa shape index (κ3) is 4.97. The number of hydrogen-bond donors (Lipinski definition) is 3. The quantitative estimate of drug-likeness (QED) is 0.497. The molecular weight excluding hydrogens is 410 g/mol. The number of hydrogen-bond acceptors (Lipinski definition) is 5. The van der Waals surface area contributed by atoms with Crippen LogP contribution in [0.25, 0.3) is 0 Å². The van der Waals surface area contributed by atoms with E-state index in [9.17, 15) is 13.2 Å². The fraction of sp³-hybridized carbons (Fsp3) is 0.211. The summed E-state index contributed by atoms with van der Waals surface area (Å²) >= 11 is 5.04. The van der Waals surface area contributed by atoms with E-state index < -0.39 is 15.9 Å². The van der Waals surface area contributed by atoms with Crippen molar-refractivity contribution >= 4 is 28.1 Å². The lowest BCUT2D eigenvalue weighted by Gasteiger charge is -2.11. The van der Waals surface area contributed by atoms with Gasteiger partial charge in [-0.25, -0.2) is 13.1 Å². The Labute approximate surface area is 174 Å². The largest absolute Gasteiger partial charge is 0.345 e. The highest BCUT2D eigenvalue weighted by Gasteiger charge is 2.19. The minimum Gasteiger partial charge on any atom is -0.345 e. The summed E-state index contributed by atoms with van der Waals surface area (Å²) in [5.74, 6) is 0.159. The molecule has 1 aromatic heterocycles. The van der Waals surface area contributed by atoms with E-state index in [1.807, 2.05) is 30.3 Å². The van der Waals surface area contributed by atoms with Crippen LogP contribution in [0.5, 0.6) is 0 Å². The highest BCUT2D eigenvalue weighted by molar-refractivity contribution is 7.89. The first-order chi connectivity index (χ1) is 13.8. The van der Waals surface area contributed by atoms with E-state index in [0.29, 0.717) is 16.2 Å². The second kappa shape index (κ2) is 8.68. The maximum Gasteiger partial charge on any atom is 0.251 e. The van der Waals surface area contributed by atoms with Crippen molar-refractivity contribution in [1.29, 1.82) is 0 Å². The van der Waals surface area contributed by atoms with Crippen molar-refractivity contribution in [3.8, 4) is 0 Å². The number of nitrogens with zero attached hydrogens (tertiary/aromatic N) is 2. The molecule has 3 N–H and O–H groups in total. The lowest BCUT2D eigenvalue weighted by atomic mass is 10.1. The molecule has 0 fully saturated rings. The summed E-state index contributed by atoms with van der Waals surface area (Å²) in [5, 5.41) is 9.39. The van der Waals surface area contributed by atoms with Gasteiger partial charge < -0.3 is 9.88 Å². The van der Waals surface area contributed by atoms with Crippen LogP contribution in [0.3, 0.4) is 0 Å². The summed E-state index contributed by atoms with van der Waals surface area (Å²) in [7, 11) is -2.04. The molecule has 0 radical (unpaired) electrons. The predicted octanol–water partition coefficient (Wildman–Crippen LogP) is 2.19. The second-order valence-electron chi connectivity index (χ2n) is 6.48. The molecule has 0 saturated heterocycles. The number of aryl methyl sites for hydroxylation is 1. The number of rotatable bonds is 7. The fourth-order valence-electron chi connectivity index (χ4n) is 2.68. The zero-order valence-electron chi connectivity index (χ0n) is 16.0. The molecule has 8 nitrogen and oxygen atoms in total. The van der Waals surface area contributed by atoms with Crippen LogP contribution in [0.4, 0.5) is 0 Å². The van der Waals surface area contributed by atoms with Crippen molar-refractivity contribution in [2.75, 3.05) is 0 Å². The Morgan fingerprint density at radius 1 is 1.17 bits per heavy atom. The van der Waals surface area contributed by atoms with Gasteiger partial charge in [0.1, 0.15) is 0 Å². The molecule has 0 atom stereocenters. The molecular formula is C19H21N5O3S2. The Balaban J connectivity index is 1.75. The molecule has 10 heteroatoms. The Hall–Kier alpha value is -2.82. The summed E-state index contributed by atoms with van der Waals surface area (Å²) < 4.78 is 30.2. The standard InChI is InChI=1S/C19H21N5O3S2/c1-13-8-9-15(18(25)20-12-17-22-23-19(28)24(17)2)10-16(13)29(26,27)21-11-14-6-4-3-5-7-14/h3-10,21H,11-12H2,1-2H3,(H,20,25)(H,23,28). The van der Waals surface area contributed by atoms with E-state index in [0.717, 1.165) is 5.56 Å². The first kappa shape index (κ1) is 20.9. The van der Waals surface area contributed by atoms with Crippen LogP contribution >= 0.6 is 12.2 Å². The Kier molecular flexibility index (Phi) is 6.26. The predicted molar refractivity (Wildman–Crippen MR) is 111 cm³/mol. The van der Waals surface area contributed by atoms with Gasteiger partial charge in [0.05, 0.1) is 11.4 Å². The number of aromatic nitrogens is 3. The van der Waals surface area contributed by atoms with Crippen LogP contribution in [0.1, 0.15) is 27.3 Å². The van der Waals surface area contributed by atoms with E-state index >= 15 is 0 Å². The molecule has 152 valence electrons. The molecule has 0 unspecified atom stereocenters. The number of H-pyrrole nitrogens is 1. The average molecular weight is 432 g/mol. The van der Waals surface area contributed by atoms with Crippen molar-refractivity contribution in [3.63, 3.8) is 0 Å². The Morgan fingerprint density at radius 2 is 1.90 bits per heavy atom. The molecule has 1 heterocycles. The van der Waals surface area contributed by atoms with Crippen LogP contribution in [-0.4, -0.2) is 29.1 Å². The summed E-state index contributed by atoms with van der Waals surface area (Å²) in [6, 6.07) is 13.8. The minimum atomic E-state index is -3.78. The first-order valence-electron chi connectivity index (χ1n) is 8.80. The zero-order valence-corrected chi connectivity index (χ0v) is 17.6. The maximum absolute atomic E-state index is 12.8. The van der Waals surface area contributed by atoms with Gasteiger partial charge >= 0.3 is 0 Å². The second-order valence-corrected chi connectivity index (χ2v) is 8.60. The van der Waals surface area contributed by atoms with E-state index in [4.69, 9.17) is 12.2 Å². The molecule has 2 aromatic carbocycles. The van der Waals surface area contributed by atoms with Gasteiger partial charge in [-0.05, 0) is 42.4 Å². The summed E-state index contributed by atoms with van der Waals surface area (Å²) in [4.78, 5) is 12.6. The third-order valence-electron chi connectivity index (χ3n) is 4.43. The highest BCUT2D eigenvalue weighted by atomic mass is 32.2. The van der Waals surface area contributed by atoms with Gasteiger partial charge in [-0.15, -0.1) is 0 Å². The summed E-state index contributed by atoms with van der Waals surface area (Å²) in [5.41, 5.74) is 1.64. The molecule has 1 amide bonds. The van der Waals surface area contributed by atoms with E-state index in [1.54, 1.807) is 30.7 Å². The number of benzene rings is 2. The number of sulfonamides is 1. The molecule has 0 bridgehead atoms. The number of amides is 1. The molecule has 3 aromatic rings. The van der Waals surface area contributed by atoms with Crippen molar-refractivity contribution < 1.29 is 13.2 Å². The monoisotopic (exact) mass is 431 g/mol. The van der Waals surface area contributed by atoms with E-state index in [2.05, 4.69) is 20.2 Å². The fourth-order valence-corrected chi connectivity index (χ4v) is 4.12. The summed E-state index contributed by atoms with van der Waals surface area (Å²) in [6.45, 7) is 2.01. The van der Waals surface area contributed by atoms with Crippen molar-refractivity contribution in [1.82, 2.24) is 24.8 Å². The van der Waals surface area contributed by atoms with Crippen LogP contribution in [-0.2, 0) is 30.2 Å². The number of carbonyl (C=O) groups excluding carboxylic acids is 1. The molecule has 0 saturated carbocycles. The topological polar surface area (TPSA) is 109 Å². The van der Waals surface area contributed by atoms with Gasteiger partial charge in [0.25, 0.3) is 5.91 Å². The van der Waals surface area contributed by atoms with E-state index in [-0.39, 0.29) is 23.5 Å². The van der Waals surface area contributed by atoms with Gasteiger partial charge in [0.15, 0.2) is 10.6 Å². The molecule has 0 aliphatic rings. The van der Waals surface area contributed by atoms with Crippen LogP contribution in [0.15, 0.2) is 53.4 Å². The Bertz CT molecular complexity index is 1180. The summed E-state index contributed by atoms with van der Waals surface area (Å²) in [6.07, 6.45) is 0. The molecule has 29 heavy (non-hydrogen) atoms.